The Balaban J connectivity index is 1.55. The fourth-order valence-corrected chi connectivity index (χ4v) is 2.65. The van der Waals surface area contributed by atoms with Crippen molar-refractivity contribution in [2.24, 2.45) is 0 Å². The van der Waals surface area contributed by atoms with E-state index in [2.05, 4.69) is 37.1 Å². The standard InChI is InChI=1S/C15H24N6O3/c1-3-4-12-17-15(19-18-12)11-9-21(6-8-23-11)10-14-16-13(20-24-14)5-7-22-2/h11H,3-10H2,1-2H3,(H,17,18,19). The molecule has 0 amide bonds. The summed E-state index contributed by atoms with van der Waals surface area (Å²) in [5, 5.41) is 11.2. The number of nitrogens with zero attached hydrogens (tertiary/aromatic N) is 5. The van der Waals surface area contributed by atoms with Crippen molar-refractivity contribution in [3.8, 4) is 0 Å². The second-order valence-electron chi connectivity index (χ2n) is 5.83. The van der Waals surface area contributed by atoms with Crippen LogP contribution in [0.25, 0.3) is 0 Å². The molecule has 1 aliphatic heterocycles. The van der Waals surface area contributed by atoms with Gasteiger partial charge in [-0.3, -0.25) is 10.00 Å². The van der Waals surface area contributed by atoms with Crippen LogP contribution in [0.2, 0.25) is 0 Å². The number of H-pyrrole nitrogens is 1. The number of hydrogen-bond acceptors (Lipinski definition) is 8. The molecule has 3 rings (SSSR count). The average molecular weight is 336 g/mol. The lowest BCUT2D eigenvalue weighted by molar-refractivity contribution is -0.0396. The normalized spacial score (nSPS) is 19.0. The molecular weight excluding hydrogens is 312 g/mol. The molecule has 2 aromatic rings. The van der Waals surface area contributed by atoms with Gasteiger partial charge in [0, 0.05) is 33.0 Å². The number of nitrogens with one attached hydrogen (secondary N) is 1. The van der Waals surface area contributed by atoms with Gasteiger partial charge >= 0.3 is 0 Å². The maximum absolute atomic E-state index is 5.81. The van der Waals surface area contributed by atoms with Crippen LogP contribution in [-0.4, -0.2) is 63.6 Å². The maximum Gasteiger partial charge on any atom is 0.240 e. The molecule has 0 aromatic carbocycles. The number of morpholine rings is 1. The highest BCUT2D eigenvalue weighted by molar-refractivity contribution is 4.97. The van der Waals surface area contributed by atoms with Crippen LogP contribution in [0.4, 0.5) is 0 Å². The third-order valence-electron chi connectivity index (χ3n) is 3.87. The van der Waals surface area contributed by atoms with Gasteiger partial charge in [-0.05, 0) is 6.42 Å². The molecule has 0 aliphatic carbocycles. The lowest BCUT2D eigenvalue weighted by Crippen LogP contribution is -2.38. The van der Waals surface area contributed by atoms with Crippen molar-refractivity contribution in [2.45, 2.75) is 38.8 Å². The van der Waals surface area contributed by atoms with Crippen molar-refractivity contribution in [1.82, 2.24) is 30.2 Å². The number of aromatic nitrogens is 5. The van der Waals surface area contributed by atoms with E-state index in [0.717, 1.165) is 31.0 Å². The number of methoxy groups -OCH3 is 1. The second-order valence-corrected chi connectivity index (χ2v) is 5.83. The lowest BCUT2D eigenvalue weighted by Gasteiger charge is -2.30. The van der Waals surface area contributed by atoms with E-state index in [9.17, 15) is 0 Å². The highest BCUT2D eigenvalue weighted by Gasteiger charge is 2.26. The van der Waals surface area contributed by atoms with Crippen LogP contribution < -0.4 is 0 Å². The highest BCUT2D eigenvalue weighted by Crippen LogP contribution is 2.20. The molecule has 1 saturated heterocycles. The first-order valence-corrected chi connectivity index (χ1v) is 8.34. The van der Waals surface area contributed by atoms with Crippen LogP contribution in [0.1, 0.15) is 42.8 Å². The molecule has 9 nitrogen and oxygen atoms in total. The van der Waals surface area contributed by atoms with Gasteiger partial charge in [0.15, 0.2) is 11.6 Å². The number of aryl methyl sites for hydroxylation is 1. The van der Waals surface area contributed by atoms with Gasteiger partial charge in [0.05, 0.1) is 19.8 Å². The van der Waals surface area contributed by atoms with Gasteiger partial charge in [0.1, 0.15) is 11.9 Å². The summed E-state index contributed by atoms with van der Waals surface area (Å²) in [6.45, 7) is 5.46. The van der Waals surface area contributed by atoms with Crippen molar-refractivity contribution in [2.75, 3.05) is 33.4 Å². The Labute approximate surface area is 140 Å². The molecule has 0 saturated carbocycles. The fraction of sp³-hybridized carbons (Fsp3) is 0.733. The van der Waals surface area contributed by atoms with Crippen molar-refractivity contribution in [1.29, 1.82) is 0 Å². The molecule has 3 heterocycles. The molecule has 1 atom stereocenters. The first-order valence-electron chi connectivity index (χ1n) is 8.34. The Hall–Kier alpha value is -1.84. The first kappa shape index (κ1) is 17.0. The molecule has 24 heavy (non-hydrogen) atoms. The fourth-order valence-electron chi connectivity index (χ4n) is 2.65. The molecule has 1 unspecified atom stereocenters. The molecule has 132 valence electrons. The second kappa shape index (κ2) is 8.32. The lowest BCUT2D eigenvalue weighted by atomic mass is 10.2. The van der Waals surface area contributed by atoms with Crippen LogP contribution in [-0.2, 0) is 28.9 Å². The SMILES string of the molecule is CCCc1nc(C2CN(Cc3nc(CCOC)no3)CCO2)n[nH]1. The molecule has 1 N–H and O–H groups in total. The zero-order valence-electron chi connectivity index (χ0n) is 14.2. The van der Waals surface area contributed by atoms with Gasteiger partial charge < -0.3 is 14.0 Å². The van der Waals surface area contributed by atoms with E-state index in [-0.39, 0.29) is 6.10 Å². The van der Waals surface area contributed by atoms with Crippen molar-refractivity contribution in [3.05, 3.63) is 23.4 Å². The highest BCUT2D eigenvalue weighted by atomic mass is 16.5. The van der Waals surface area contributed by atoms with Crippen molar-refractivity contribution in [3.63, 3.8) is 0 Å². The summed E-state index contributed by atoms with van der Waals surface area (Å²) < 4.78 is 16.1. The number of ether oxygens (including phenoxy) is 2. The minimum Gasteiger partial charge on any atom is -0.384 e. The molecule has 0 radical (unpaired) electrons. The van der Waals surface area contributed by atoms with E-state index in [1.54, 1.807) is 7.11 Å². The summed E-state index contributed by atoms with van der Waals surface area (Å²) in [5.41, 5.74) is 0. The first-order chi connectivity index (χ1) is 11.8. The zero-order valence-corrected chi connectivity index (χ0v) is 14.2. The quantitative estimate of drug-likeness (QED) is 0.758. The van der Waals surface area contributed by atoms with E-state index < -0.39 is 0 Å². The van der Waals surface area contributed by atoms with Crippen molar-refractivity contribution >= 4 is 0 Å². The Morgan fingerprint density at radius 3 is 3.08 bits per heavy atom. The van der Waals surface area contributed by atoms with Crippen LogP contribution in [0.3, 0.4) is 0 Å². The Kier molecular flexibility index (Phi) is 5.89. The third-order valence-corrected chi connectivity index (χ3v) is 3.87. The minimum atomic E-state index is -0.128. The largest absolute Gasteiger partial charge is 0.384 e. The number of aromatic amines is 1. The summed E-state index contributed by atoms with van der Waals surface area (Å²) in [7, 11) is 1.66. The summed E-state index contributed by atoms with van der Waals surface area (Å²) in [6.07, 6.45) is 2.46. The van der Waals surface area contributed by atoms with Crippen LogP contribution in [0.5, 0.6) is 0 Å². The molecule has 1 fully saturated rings. The molecule has 0 spiro atoms. The number of hydrogen-bond donors (Lipinski definition) is 1. The van der Waals surface area contributed by atoms with Crippen LogP contribution in [0.15, 0.2) is 4.52 Å². The van der Waals surface area contributed by atoms with Crippen LogP contribution >= 0.6 is 0 Å². The molecule has 2 aromatic heterocycles. The van der Waals surface area contributed by atoms with E-state index in [0.29, 0.717) is 44.4 Å². The van der Waals surface area contributed by atoms with Gasteiger partial charge in [0.25, 0.3) is 0 Å². The van der Waals surface area contributed by atoms with E-state index in [4.69, 9.17) is 14.0 Å². The monoisotopic (exact) mass is 336 g/mol. The Morgan fingerprint density at radius 2 is 2.25 bits per heavy atom. The zero-order chi connectivity index (χ0) is 16.8. The molecule has 1 aliphatic rings. The Morgan fingerprint density at radius 1 is 1.33 bits per heavy atom. The molecule has 9 heteroatoms. The summed E-state index contributed by atoms with van der Waals surface area (Å²) >= 11 is 0. The minimum absolute atomic E-state index is 0.128. The third kappa shape index (κ3) is 4.37. The van der Waals surface area contributed by atoms with Gasteiger partial charge in [0.2, 0.25) is 5.89 Å². The summed E-state index contributed by atoms with van der Waals surface area (Å²) in [6, 6.07) is 0. The summed E-state index contributed by atoms with van der Waals surface area (Å²) in [4.78, 5) is 11.1. The predicted molar refractivity (Wildman–Crippen MR) is 84.2 cm³/mol. The van der Waals surface area contributed by atoms with Crippen molar-refractivity contribution < 1.29 is 14.0 Å². The van der Waals surface area contributed by atoms with Gasteiger partial charge in [-0.25, -0.2) is 4.98 Å². The van der Waals surface area contributed by atoms with Gasteiger partial charge in [-0.15, -0.1) is 0 Å². The van der Waals surface area contributed by atoms with Gasteiger partial charge in [-0.1, -0.05) is 12.1 Å². The van der Waals surface area contributed by atoms with E-state index in [1.807, 2.05) is 0 Å². The smallest absolute Gasteiger partial charge is 0.240 e. The van der Waals surface area contributed by atoms with E-state index >= 15 is 0 Å². The van der Waals surface area contributed by atoms with E-state index in [1.165, 1.54) is 0 Å². The van der Waals surface area contributed by atoms with Gasteiger partial charge in [-0.2, -0.15) is 10.1 Å². The Bertz CT molecular complexity index is 628. The maximum atomic E-state index is 5.81. The topological polar surface area (TPSA) is 102 Å². The molecule has 0 bridgehead atoms. The average Bonchev–Trinajstić information content (AvgIpc) is 3.23. The summed E-state index contributed by atoms with van der Waals surface area (Å²) in [5.74, 6) is 2.92. The molecular formula is C15H24N6O3. The number of rotatable bonds is 8. The van der Waals surface area contributed by atoms with Crippen LogP contribution in [0, 0.1) is 0 Å². The predicted octanol–water partition coefficient (Wildman–Crippen LogP) is 0.903.